The van der Waals surface area contributed by atoms with E-state index in [-0.39, 0.29) is 6.04 Å². The molecule has 110 valence electrons. The number of halogens is 2. The Kier molecular flexibility index (Phi) is 5.13. The van der Waals surface area contributed by atoms with E-state index >= 15 is 0 Å². The molecule has 4 nitrogen and oxygen atoms in total. The van der Waals surface area contributed by atoms with Crippen molar-refractivity contribution in [3.8, 4) is 0 Å². The monoisotopic (exact) mass is 315 g/mol. The van der Waals surface area contributed by atoms with Crippen LogP contribution in [0.5, 0.6) is 0 Å². The molecular formula is C14H19Cl2N3O. The first kappa shape index (κ1) is 15.4. The molecule has 1 N–H and O–H groups in total. The fraction of sp³-hybridized carbons (Fsp3) is 0.500. The molecule has 0 aliphatic heterocycles. The molecule has 0 saturated heterocycles. The van der Waals surface area contributed by atoms with Crippen LogP contribution in [0.15, 0.2) is 16.7 Å². The SMILES string of the molecule is CCNC(Cc1c(Cl)c(CC)nn1C)c1ccoc1Cl. The third-order valence-corrected chi connectivity index (χ3v) is 4.12. The van der Waals surface area contributed by atoms with Gasteiger partial charge in [-0.05, 0) is 30.6 Å². The normalized spacial score (nSPS) is 12.8. The zero-order valence-corrected chi connectivity index (χ0v) is 13.4. The van der Waals surface area contributed by atoms with Crippen molar-refractivity contribution in [3.05, 3.63) is 39.5 Å². The minimum atomic E-state index is 0.0591. The predicted molar refractivity (Wildman–Crippen MR) is 81.4 cm³/mol. The van der Waals surface area contributed by atoms with Crippen molar-refractivity contribution in [1.29, 1.82) is 0 Å². The molecule has 2 aromatic heterocycles. The Morgan fingerprint density at radius 2 is 2.15 bits per heavy atom. The van der Waals surface area contributed by atoms with Gasteiger partial charge in [-0.25, -0.2) is 0 Å². The second kappa shape index (κ2) is 6.66. The summed E-state index contributed by atoms with van der Waals surface area (Å²) in [5, 5.41) is 9.03. The molecule has 2 aromatic rings. The highest BCUT2D eigenvalue weighted by Gasteiger charge is 2.21. The van der Waals surface area contributed by atoms with Crippen LogP contribution in [-0.4, -0.2) is 16.3 Å². The summed E-state index contributed by atoms with van der Waals surface area (Å²) in [7, 11) is 1.92. The maximum absolute atomic E-state index is 6.41. The lowest BCUT2D eigenvalue weighted by Crippen LogP contribution is -2.23. The smallest absolute Gasteiger partial charge is 0.197 e. The van der Waals surface area contributed by atoms with Gasteiger partial charge in [0.05, 0.1) is 22.7 Å². The number of aromatic nitrogens is 2. The third-order valence-electron chi connectivity index (χ3n) is 3.37. The molecule has 0 aliphatic carbocycles. The molecule has 0 amide bonds. The molecule has 2 rings (SSSR count). The average molecular weight is 316 g/mol. The van der Waals surface area contributed by atoms with E-state index in [0.29, 0.717) is 5.22 Å². The average Bonchev–Trinajstić information content (AvgIpc) is 2.96. The van der Waals surface area contributed by atoms with Gasteiger partial charge in [0, 0.05) is 25.1 Å². The predicted octanol–water partition coefficient (Wildman–Crippen LogP) is 3.78. The largest absolute Gasteiger partial charge is 0.453 e. The van der Waals surface area contributed by atoms with Crippen molar-refractivity contribution in [2.75, 3.05) is 6.54 Å². The standard InChI is InChI=1S/C14H19Cl2N3O/c1-4-10-13(15)12(19(3)18-10)8-11(17-5-2)9-6-7-20-14(9)16/h6-7,11,17H,4-5,8H2,1-3H3. The number of likely N-dealkylation sites (N-methyl/N-ethyl adjacent to an activating group) is 1. The molecule has 0 bridgehead atoms. The number of nitrogens with zero attached hydrogens (tertiary/aromatic N) is 2. The highest BCUT2D eigenvalue weighted by molar-refractivity contribution is 6.32. The zero-order valence-electron chi connectivity index (χ0n) is 11.9. The molecule has 20 heavy (non-hydrogen) atoms. The van der Waals surface area contributed by atoms with Gasteiger partial charge in [0.15, 0.2) is 5.22 Å². The van der Waals surface area contributed by atoms with E-state index in [2.05, 4.69) is 17.3 Å². The Hall–Kier alpha value is -0.970. The van der Waals surface area contributed by atoms with Crippen molar-refractivity contribution in [2.45, 2.75) is 32.7 Å². The maximum Gasteiger partial charge on any atom is 0.197 e. The zero-order chi connectivity index (χ0) is 14.7. The molecule has 0 saturated carbocycles. The van der Waals surface area contributed by atoms with Gasteiger partial charge < -0.3 is 9.73 Å². The van der Waals surface area contributed by atoms with E-state index in [0.717, 1.165) is 41.4 Å². The summed E-state index contributed by atoms with van der Waals surface area (Å²) in [6.45, 7) is 4.94. The van der Waals surface area contributed by atoms with Crippen LogP contribution in [0.25, 0.3) is 0 Å². The molecular weight excluding hydrogens is 297 g/mol. The highest BCUT2D eigenvalue weighted by atomic mass is 35.5. The van der Waals surface area contributed by atoms with Gasteiger partial charge in [0.2, 0.25) is 0 Å². The molecule has 0 spiro atoms. The number of hydrogen-bond acceptors (Lipinski definition) is 3. The van der Waals surface area contributed by atoms with Gasteiger partial charge in [0.25, 0.3) is 0 Å². The quantitative estimate of drug-likeness (QED) is 0.882. The molecule has 0 aliphatic rings. The Bertz CT molecular complexity index is 577. The van der Waals surface area contributed by atoms with Crippen molar-refractivity contribution in [2.24, 2.45) is 7.05 Å². The Labute approximate surface area is 129 Å². The summed E-state index contributed by atoms with van der Waals surface area (Å²) in [6.07, 6.45) is 3.14. The van der Waals surface area contributed by atoms with Crippen LogP contribution < -0.4 is 5.32 Å². The second-order valence-electron chi connectivity index (χ2n) is 4.65. The van der Waals surface area contributed by atoms with Crippen molar-refractivity contribution < 1.29 is 4.42 Å². The molecule has 0 fully saturated rings. The first-order valence-corrected chi connectivity index (χ1v) is 7.50. The van der Waals surface area contributed by atoms with Gasteiger partial charge >= 0.3 is 0 Å². The number of rotatable bonds is 6. The number of furan rings is 1. The Morgan fingerprint density at radius 1 is 1.40 bits per heavy atom. The summed E-state index contributed by atoms with van der Waals surface area (Å²) >= 11 is 12.5. The van der Waals surface area contributed by atoms with E-state index in [1.54, 1.807) is 6.26 Å². The first-order valence-electron chi connectivity index (χ1n) is 6.74. The highest BCUT2D eigenvalue weighted by Crippen LogP contribution is 2.30. The fourth-order valence-electron chi connectivity index (χ4n) is 2.33. The summed E-state index contributed by atoms with van der Waals surface area (Å²) in [6, 6.07) is 1.95. The summed E-state index contributed by atoms with van der Waals surface area (Å²) in [5.41, 5.74) is 2.88. The molecule has 1 atom stereocenters. The Morgan fingerprint density at radius 3 is 2.65 bits per heavy atom. The van der Waals surface area contributed by atoms with Crippen LogP contribution in [0.2, 0.25) is 10.2 Å². The van der Waals surface area contributed by atoms with E-state index in [4.69, 9.17) is 27.6 Å². The van der Waals surface area contributed by atoms with Gasteiger partial charge in [0.1, 0.15) is 0 Å². The second-order valence-corrected chi connectivity index (χ2v) is 5.37. The lowest BCUT2D eigenvalue weighted by molar-refractivity contribution is 0.513. The molecule has 6 heteroatoms. The minimum Gasteiger partial charge on any atom is -0.453 e. The summed E-state index contributed by atoms with van der Waals surface area (Å²) < 4.78 is 7.03. The van der Waals surface area contributed by atoms with Crippen molar-refractivity contribution in [3.63, 3.8) is 0 Å². The van der Waals surface area contributed by atoms with Gasteiger partial charge in [-0.3, -0.25) is 4.68 Å². The van der Waals surface area contributed by atoms with Crippen molar-refractivity contribution >= 4 is 23.2 Å². The lowest BCUT2D eigenvalue weighted by Gasteiger charge is -2.17. The van der Waals surface area contributed by atoms with E-state index in [1.165, 1.54) is 0 Å². The van der Waals surface area contributed by atoms with Crippen LogP contribution in [0.4, 0.5) is 0 Å². The molecule has 1 unspecified atom stereocenters. The van der Waals surface area contributed by atoms with Gasteiger partial charge in [-0.15, -0.1) is 0 Å². The van der Waals surface area contributed by atoms with Crippen LogP contribution >= 0.6 is 23.2 Å². The minimum absolute atomic E-state index is 0.0591. The summed E-state index contributed by atoms with van der Waals surface area (Å²) in [4.78, 5) is 0. The maximum atomic E-state index is 6.41. The van der Waals surface area contributed by atoms with Crippen LogP contribution in [0.3, 0.4) is 0 Å². The van der Waals surface area contributed by atoms with E-state index in [9.17, 15) is 0 Å². The van der Waals surface area contributed by atoms with E-state index < -0.39 is 0 Å². The van der Waals surface area contributed by atoms with Crippen LogP contribution in [0, 0.1) is 0 Å². The number of aryl methyl sites for hydroxylation is 2. The van der Waals surface area contributed by atoms with Crippen molar-refractivity contribution in [1.82, 2.24) is 15.1 Å². The number of nitrogens with one attached hydrogen (secondary N) is 1. The lowest BCUT2D eigenvalue weighted by atomic mass is 10.0. The molecule has 0 radical (unpaired) electrons. The first-order chi connectivity index (χ1) is 9.58. The topological polar surface area (TPSA) is 43.0 Å². The van der Waals surface area contributed by atoms with Gasteiger partial charge in [-0.2, -0.15) is 5.10 Å². The molecule has 0 aromatic carbocycles. The fourth-order valence-corrected chi connectivity index (χ4v) is 2.94. The number of hydrogen-bond donors (Lipinski definition) is 1. The summed E-state index contributed by atoms with van der Waals surface area (Å²) in [5.74, 6) is 0. The van der Waals surface area contributed by atoms with Crippen LogP contribution in [0.1, 0.15) is 36.8 Å². The third kappa shape index (κ3) is 3.03. The Balaban J connectivity index is 2.29. The van der Waals surface area contributed by atoms with Gasteiger partial charge in [-0.1, -0.05) is 25.4 Å². The van der Waals surface area contributed by atoms with E-state index in [1.807, 2.05) is 24.7 Å². The van der Waals surface area contributed by atoms with Crippen LogP contribution in [-0.2, 0) is 19.9 Å². The molecule has 2 heterocycles.